The van der Waals surface area contributed by atoms with Gasteiger partial charge >= 0.3 is 0 Å². The van der Waals surface area contributed by atoms with Crippen molar-refractivity contribution < 1.29 is 4.74 Å². The molecule has 1 aromatic carbocycles. The van der Waals surface area contributed by atoms with Gasteiger partial charge in [-0.25, -0.2) is 0 Å². The summed E-state index contributed by atoms with van der Waals surface area (Å²) in [5, 5.41) is 5.31. The van der Waals surface area contributed by atoms with Gasteiger partial charge < -0.3 is 9.64 Å². The first-order chi connectivity index (χ1) is 9.94. The Morgan fingerprint density at radius 3 is 2.95 bits per heavy atom. The van der Waals surface area contributed by atoms with Crippen LogP contribution < -0.4 is 10.2 Å². The van der Waals surface area contributed by atoms with Crippen molar-refractivity contribution in [2.75, 3.05) is 25.1 Å². The number of halogens is 1. The van der Waals surface area contributed by atoms with Gasteiger partial charge in [0.25, 0.3) is 0 Å². The molecule has 0 aliphatic carbocycles. The number of hydrogen-bond acceptors (Lipinski definition) is 4. The van der Waals surface area contributed by atoms with E-state index >= 15 is 0 Å². The van der Waals surface area contributed by atoms with Gasteiger partial charge in [-0.2, -0.15) is 0 Å². The van der Waals surface area contributed by atoms with Gasteiger partial charge in [-0.1, -0.05) is 11.6 Å². The normalized spacial score (nSPS) is 20.9. The van der Waals surface area contributed by atoms with Gasteiger partial charge in [0.05, 0.1) is 18.2 Å². The van der Waals surface area contributed by atoms with Gasteiger partial charge in [0.2, 0.25) is 0 Å². The monoisotopic (exact) mass is 305 g/mol. The first-order valence-corrected chi connectivity index (χ1v) is 7.49. The molecule has 2 aromatic rings. The Labute approximate surface area is 130 Å². The molecule has 0 unspecified atom stereocenters. The largest absolute Gasteiger partial charge is 0.372 e. The highest BCUT2D eigenvalue weighted by Gasteiger charge is 2.31. The molecule has 1 atom stereocenters. The van der Waals surface area contributed by atoms with E-state index < -0.39 is 0 Å². The first kappa shape index (κ1) is 14.6. The lowest BCUT2D eigenvalue weighted by Crippen LogP contribution is -2.43. The minimum Gasteiger partial charge on any atom is -0.372 e. The van der Waals surface area contributed by atoms with Crippen molar-refractivity contribution in [3.63, 3.8) is 0 Å². The van der Waals surface area contributed by atoms with Crippen molar-refractivity contribution in [2.45, 2.75) is 25.6 Å². The summed E-state index contributed by atoms with van der Waals surface area (Å²) in [6.07, 6.45) is 1.83. The standard InChI is InChI=1S/C16H20ClN3O/c1-16(2)19-12(10-21-16)9-20(3)15-6-7-18-14-8-11(17)4-5-13(14)15/h4-8,12,19H,9-10H2,1-3H3/t12-/m1/s1. The Morgan fingerprint density at radius 2 is 2.24 bits per heavy atom. The Bertz CT molecular complexity index is 659. The van der Waals surface area contributed by atoms with Gasteiger partial charge in [-0.3, -0.25) is 10.3 Å². The number of pyridine rings is 1. The molecule has 0 amide bonds. The van der Waals surface area contributed by atoms with Crippen LogP contribution in [0.4, 0.5) is 5.69 Å². The van der Waals surface area contributed by atoms with Crippen LogP contribution in [0.3, 0.4) is 0 Å². The molecular formula is C16H20ClN3O. The van der Waals surface area contributed by atoms with Gasteiger partial charge in [0.1, 0.15) is 5.72 Å². The summed E-state index contributed by atoms with van der Waals surface area (Å²) in [5.74, 6) is 0. The maximum Gasteiger partial charge on any atom is 0.113 e. The van der Waals surface area contributed by atoms with Gasteiger partial charge in [-0.05, 0) is 38.1 Å². The van der Waals surface area contributed by atoms with Crippen LogP contribution in [0, 0.1) is 0 Å². The molecule has 2 heterocycles. The van der Waals surface area contributed by atoms with Gasteiger partial charge in [-0.15, -0.1) is 0 Å². The zero-order valence-corrected chi connectivity index (χ0v) is 13.3. The number of nitrogens with one attached hydrogen (secondary N) is 1. The fourth-order valence-electron chi connectivity index (χ4n) is 2.85. The van der Waals surface area contributed by atoms with Crippen molar-refractivity contribution in [3.8, 4) is 0 Å². The van der Waals surface area contributed by atoms with Crippen molar-refractivity contribution in [1.29, 1.82) is 0 Å². The van der Waals surface area contributed by atoms with Crippen LogP contribution in [-0.4, -0.2) is 37.0 Å². The van der Waals surface area contributed by atoms with Crippen LogP contribution in [0.5, 0.6) is 0 Å². The third-order valence-electron chi connectivity index (χ3n) is 3.78. The lowest BCUT2D eigenvalue weighted by molar-refractivity contribution is 0.0231. The molecule has 4 nitrogen and oxygen atoms in total. The van der Waals surface area contributed by atoms with E-state index in [0.29, 0.717) is 11.1 Å². The van der Waals surface area contributed by atoms with Gasteiger partial charge in [0.15, 0.2) is 0 Å². The maximum atomic E-state index is 6.04. The average Bonchev–Trinajstić information content (AvgIpc) is 2.76. The van der Waals surface area contributed by atoms with Crippen LogP contribution in [0.1, 0.15) is 13.8 Å². The Balaban J connectivity index is 1.83. The van der Waals surface area contributed by atoms with E-state index in [1.807, 2.05) is 30.5 Å². The number of rotatable bonds is 3. The number of hydrogen-bond donors (Lipinski definition) is 1. The van der Waals surface area contributed by atoms with Crippen LogP contribution >= 0.6 is 11.6 Å². The minimum absolute atomic E-state index is 0.237. The zero-order valence-electron chi connectivity index (χ0n) is 12.6. The Morgan fingerprint density at radius 1 is 1.43 bits per heavy atom. The van der Waals surface area contributed by atoms with Gasteiger partial charge in [0, 0.05) is 35.9 Å². The Hall–Kier alpha value is -1.36. The van der Waals surface area contributed by atoms with E-state index in [4.69, 9.17) is 16.3 Å². The maximum absolute atomic E-state index is 6.04. The SMILES string of the molecule is CN(C[C@@H]1COC(C)(C)N1)c1ccnc2cc(Cl)ccc12. The fourth-order valence-corrected chi connectivity index (χ4v) is 3.02. The molecule has 1 aromatic heterocycles. The van der Waals surface area contributed by atoms with Crippen LogP contribution in [-0.2, 0) is 4.74 Å². The molecule has 1 aliphatic rings. The van der Waals surface area contributed by atoms with E-state index in [-0.39, 0.29) is 5.72 Å². The summed E-state index contributed by atoms with van der Waals surface area (Å²) < 4.78 is 5.73. The van der Waals surface area contributed by atoms with E-state index in [0.717, 1.165) is 29.7 Å². The van der Waals surface area contributed by atoms with Crippen LogP contribution in [0.2, 0.25) is 5.02 Å². The molecule has 5 heteroatoms. The molecule has 0 spiro atoms. The van der Waals surface area contributed by atoms with Crippen LogP contribution in [0.25, 0.3) is 10.9 Å². The predicted molar refractivity (Wildman–Crippen MR) is 87.0 cm³/mol. The lowest BCUT2D eigenvalue weighted by atomic mass is 10.1. The molecule has 1 N–H and O–H groups in total. The highest BCUT2D eigenvalue weighted by atomic mass is 35.5. The van der Waals surface area contributed by atoms with Crippen molar-refractivity contribution >= 4 is 28.2 Å². The second-order valence-corrected chi connectivity index (χ2v) is 6.47. The Kier molecular flexibility index (Phi) is 3.78. The molecule has 0 bridgehead atoms. The van der Waals surface area contributed by atoms with Crippen molar-refractivity contribution in [3.05, 3.63) is 35.5 Å². The molecule has 0 radical (unpaired) electrons. The highest BCUT2D eigenvalue weighted by Crippen LogP contribution is 2.27. The first-order valence-electron chi connectivity index (χ1n) is 7.12. The summed E-state index contributed by atoms with van der Waals surface area (Å²) in [6, 6.07) is 8.19. The molecule has 1 aliphatic heterocycles. The van der Waals surface area contributed by atoms with Crippen LogP contribution in [0.15, 0.2) is 30.5 Å². The highest BCUT2D eigenvalue weighted by molar-refractivity contribution is 6.31. The molecule has 112 valence electrons. The van der Waals surface area contributed by atoms with E-state index in [1.165, 1.54) is 0 Å². The minimum atomic E-state index is -0.237. The van der Waals surface area contributed by atoms with Crippen molar-refractivity contribution in [1.82, 2.24) is 10.3 Å². The molecule has 1 saturated heterocycles. The summed E-state index contributed by atoms with van der Waals surface area (Å²) in [4.78, 5) is 6.63. The summed E-state index contributed by atoms with van der Waals surface area (Å²) >= 11 is 6.04. The van der Waals surface area contributed by atoms with Crippen molar-refractivity contribution in [2.24, 2.45) is 0 Å². The number of ether oxygens (including phenoxy) is 1. The quantitative estimate of drug-likeness (QED) is 0.946. The molecule has 1 fully saturated rings. The lowest BCUT2D eigenvalue weighted by Gasteiger charge is -2.25. The third-order valence-corrected chi connectivity index (χ3v) is 4.02. The second-order valence-electron chi connectivity index (χ2n) is 6.03. The number of likely N-dealkylation sites (N-methyl/N-ethyl adjacent to an activating group) is 1. The van der Waals surface area contributed by atoms with E-state index in [2.05, 4.69) is 36.1 Å². The number of nitrogens with zero attached hydrogens (tertiary/aromatic N) is 2. The number of fused-ring (bicyclic) bond motifs is 1. The van der Waals surface area contributed by atoms with E-state index in [9.17, 15) is 0 Å². The molecule has 21 heavy (non-hydrogen) atoms. The molecule has 3 rings (SSSR count). The number of benzene rings is 1. The summed E-state index contributed by atoms with van der Waals surface area (Å²) in [7, 11) is 2.09. The topological polar surface area (TPSA) is 37.4 Å². The fraction of sp³-hybridized carbons (Fsp3) is 0.438. The third kappa shape index (κ3) is 3.12. The smallest absolute Gasteiger partial charge is 0.113 e. The molecular weight excluding hydrogens is 286 g/mol. The number of anilines is 1. The predicted octanol–water partition coefficient (Wildman–Crippen LogP) is 3.05. The number of aromatic nitrogens is 1. The summed E-state index contributed by atoms with van der Waals surface area (Å²) in [5.41, 5.74) is 1.84. The average molecular weight is 306 g/mol. The van der Waals surface area contributed by atoms with E-state index in [1.54, 1.807) is 0 Å². The summed E-state index contributed by atoms with van der Waals surface area (Å²) in [6.45, 7) is 5.71. The molecule has 0 saturated carbocycles. The zero-order chi connectivity index (χ0) is 15.0. The second kappa shape index (κ2) is 5.44.